The molecule has 1 saturated carbocycles. The third-order valence-corrected chi connectivity index (χ3v) is 10.7. The molecule has 0 spiro atoms. The Bertz CT molecular complexity index is 1230. The fourth-order valence-corrected chi connectivity index (χ4v) is 6.45. The quantitative estimate of drug-likeness (QED) is 0.304. The van der Waals surface area contributed by atoms with Crippen LogP contribution in [-0.2, 0) is 15.4 Å². The first-order valence-electron chi connectivity index (χ1n) is 13.1. The largest absolute Gasteiger partial charge is 0.459 e. The minimum Gasteiger partial charge on any atom is -0.459 e. The third-order valence-electron chi connectivity index (χ3n) is 6.57. The van der Waals surface area contributed by atoms with Crippen LogP contribution in [0, 0.1) is 0 Å². The van der Waals surface area contributed by atoms with Crippen molar-refractivity contribution in [1.82, 2.24) is 5.32 Å². The predicted octanol–water partition coefficient (Wildman–Crippen LogP) is 8.23. The number of carbonyl (C=O) groups excluding carboxylic acids is 1. The van der Waals surface area contributed by atoms with Crippen molar-refractivity contribution in [1.29, 1.82) is 0 Å². The van der Waals surface area contributed by atoms with Crippen LogP contribution < -0.4 is 10.6 Å². The molecule has 202 valence electrons. The molecule has 0 radical (unpaired) electrons. The normalized spacial score (nSPS) is 14.2. The van der Waals surface area contributed by atoms with Crippen molar-refractivity contribution in [2.24, 2.45) is 0 Å². The summed E-state index contributed by atoms with van der Waals surface area (Å²) in [5.41, 5.74) is 2.37. The van der Waals surface area contributed by atoms with Crippen LogP contribution in [0.4, 0.5) is 0 Å². The lowest BCUT2D eigenvalue weighted by Gasteiger charge is -2.15. The van der Waals surface area contributed by atoms with E-state index in [1.54, 1.807) is 18.0 Å². The number of benzene rings is 1. The summed E-state index contributed by atoms with van der Waals surface area (Å²) in [7, 11) is -2.23. The van der Waals surface area contributed by atoms with E-state index in [2.05, 4.69) is 59.0 Å². The zero-order valence-corrected chi connectivity index (χ0v) is 25.2. The molecular weight excluding hydrogens is 501 g/mol. The first-order valence-corrected chi connectivity index (χ1v) is 16.0. The van der Waals surface area contributed by atoms with Crippen LogP contribution in [0.1, 0.15) is 89.9 Å². The van der Waals surface area contributed by atoms with Gasteiger partial charge >= 0.3 is 0 Å². The van der Waals surface area contributed by atoms with Gasteiger partial charge in [0.15, 0.2) is 10.9 Å². The van der Waals surface area contributed by atoms with Gasteiger partial charge in [-0.1, -0.05) is 79.3 Å². The van der Waals surface area contributed by atoms with Crippen LogP contribution in [0.25, 0.3) is 0 Å². The highest BCUT2D eigenvalue weighted by atomic mass is 32.2. The van der Waals surface area contributed by atoms with Gasteiger partial charge in [-0.2, -0.15) is 0 Å². The lowest BCUT2D eigenvalue weighted by atomic mass is 9.89. The summed E-state index contributed by atoms with van der Waals surface area (Å²) < 4.78 is 23.8. The van der Waals surface area contributed by atoms with Gasteiger partial charge in [-0.25, -0.2) is 0 Å². The van der Waals surface area contributed by atoms with Crippen LogP contribution in [0.5, 0.6) is 0 Å². The van der Waals surface area contributed by atoms with Gasteiger partial charge in [-0.15, -0.1) is 0 Å². The summed E-state index contributed by atoms with van der Waals surface area (Å²) in [5, 5.41) is 4.76. The van der Waals surface area contributed by atoms with E-state index in [4.69, 9.17) is 8.83 Å². The fraction of sp³-hybridized carbons (Fsp3) is 0.500. The van der Waals surface area contributed by atoms with E-state index in [9.17, 15) is 9.36 Å². The molecule has 5 nitrogen and oxygen atoms in total. The van der Waals surface area contributed by atoms with Gasteiger partial charge in [0.05, 0.1) is 12.5 Å². The standard InChI is InChI=1S/C18H25O2PS.C12H17NO2/c1-6-21(19,7-2)15-9-8-10-16(12-15)22-17-11-14(13-20-17)18(3,4)5;1-12(2,3)8-6-10(15-7-8)11(14)13-9-4-5-9/h8-13H,6-7H2,1-5H3;6-7,9H,4-5H2,1-3H3,(H,13,14). The molecule has 1 aliphatic rings. The molecule has 2 aromatic heterocycles. The molecule has 1 aliphatic carbocycles. The van der Waals surface area contributed by atoms with E-state index >= 15 is 0 Å². The molecule has 0 aliphatic heterocycles. The van der Waals surface area contributed by atoms with Gasteiger partial charge in [0.25, 0.3) is 5.91 Å². The lowest BCUT2D eigenvalue weighted by molar-refractivity contribution is 0.0923. The molecule has 0 atom stereocenters. The molecule has 37 heavy (non-hydrogen) atoms. The second-order valence-electron chi connectivity index (χ2n) is 11.7. The van der Waals surface area contributed by atoms with E-state index in [1.807, 2.05) is 44.4 Å². The number of hydrogen-bond acceptors (Lipinski definition) is 5. The van der Waals surface area contributed by atoms with Gasteiger partial charge < -0.3 is 18.7 Å². The molecule has 0 saturated heterocycles. The molecule has 4 rings (SSSR count). The highest BCUT2D eigenvalue weighted by molar-refractivity contribution is 7.99. The maximum atomic E-state index is 12.9. The van der Waals surface area contributed by atoms with Crippen molar-refractivity contribution < 1.29 is 18.2 Å². The number of carbonyl (C=O) groups is 1. The van der Waals surface area contributed by atoms with Gasteiger partial charge in [-0.3, -0.25) is 4.79 Å². The second-order valence-corrected chi connectivity index (χ2v) is 16.4. The smallest absolute Gasteiger partial charge is 0.287 e. The molecule has 1 N–H and O–H groups in total. The Labute approximate surface area is 226 Å². The summed E-state index contributed by atoms with van der Waals surface area (Å²) in [4.78, 5) is 12.7. The maximum Gasteiger partial charge on any atom is 0.287 e. The Balaban J connectivity index is 0.000000220. The van der Waals surface area contributed by atoms with Gasteiger partial charge in [0, 0.05) is 28.6 Å². The fourth-order valence-electron chi connectivity index (χ4n) is 3.60. The van der Waals surface area contributed by atoms with Crippen LogP contribution in [0.3, 0.4) is 0 Å². The maximum absolute atomic E-state index is 12.9. The molecule has 1 aromatic carbocycles. The van der Waals surface area contributed by atoms with E-state index in [-0.39, 0.29) is 16.7 Å². The van der Waals surface area contributed by atoms with Crippen molar-refractivity contribution in [2.45, 2.75) is 95.1 Å². The first kappa shape index (κ1) is 29.4. The molecule has 2 heterocycles. The first-order chi connectivity index (χ1) is 17.2. The van der Waals surface area contributed by atoms with Crippen molar-refractivity contribution in [2.75, 3.05) is 12.3 Å². The minimum absolute atomic E-state index is 0.0294. The Morgan fingerprint density at radius 1 is 0.946 bits per heavy atom. The molecular formula is C30H42NO4PS. The van der Waals surface area contributed by atoms with E-state index in [1.165, 1.54) is 5.56 Å². The average Bonchev–Trinajstić information content (AvgIpc) is 3.29. The molecule has 3 aromatic rings. The van der Waals surface area contributed by atoms with E-state index in [0.29, 0.717) is 24.1 Å². The number of furan rings is 2. The zero-order chi connectivity index (χ0) is 27.4. The highest BCUT2D eigenvalue weighted by Gasteiger charge is 2.26. The number of hydrogen-bond donors (Lipinski definition) is 1. The monoisotopic (exact) mass is 543 g/mol. The summed E-state index contributed by atoms with van der Waals surface area (Å²) in [6, 6.07) is 12.4. The Morgan fingerprint density at radius 3 is 2.05 bits per heavy atom. The van der Waals surface area contributed by atoms with Gasteiger partial charge in [0.2, 0.25) is 0 Å². The topological polar surface area (TPSA) is 72.5 Å². The van der Waals surface area contributed by atoms with Gasteiger partial charge in [-0.05, 0) is 59.1 Å². The third kappa shape index (κ3) is 8.15. The predicted molar refractivity (Wildman–Crippen MR) is 154 cm³/mol. The van der Waals surface area contributed by atoms with Crippen molar-refractivity contribution in [3.63, 3.8) is 0 Å². The Hall–Kier alpha value is -2.17. The summed E-state index contributed by atoms with van der Waals surface area (Å²) >= 11 is 1.59. The van der Waals surface area contributed by atoms with Crippen LogP contribution in [0.2, 0.25) is 0 Å². The number of nitrogens with one attached hydrogen (secondary N) is 1. The van der Waals surface area contributed by atoms with E-state index < -0.39 is 7.14 Å². The van der Waals surface area contributed by atoms with Crippen molar-refractivity contribution in [3.05, 3.63) is 65.8 Å². The number of rotatable bonds is 7. The van der Waals surface area contributed by atoms with E-state index in [0.717, 1.165) is 33.7 Å². The lowest BCUT2D eigenvalue weighted by Crippen LogP contribution is -2.24. The number of amides is 1. The van der Waals surface area contributed by atoms with Crippen LogP contribution in [0.15, 0.2) is 67.7 Å². The summed E-state index contributed by atoms with van der Waals surface area (Å²) in [6.45, 7) is 16.8. The molecule has 1 amide bonds. The Morgan fingerprint density at radius 2 is 1.54 bits per heavy atom. The average molecular weight is 544 g/mol. The summed E-state index contributed by atoms with van der Waals surface area (Å²) in [5.74, 6) is 0.333. The van der Waals surface area contributed by atoms with Crippen molar-refractivity contribution in [3.8, 4) is 0 Å². The van der Waals surface area contributed by atoms with Crippen molar-refractivity contribution >= 4 is 30.1 Å². The zero-order valence-electron chi connectivity index (χ0n) is 23.5. The summed E-state index contributed by atoms with van der Waals surface area (Å²) in [6.07, 6.45) is 7.12. The molecule has 7 heteroatoms. The molecule has 1 fully saturated rings. The SMILES string of the molecule is CC(C)(C)c1coc(C(=O)NC2CC2)c1.CCP(=O)(CC)c1cccc(Sc2cc(C(C)(C)C)co2)c1. The van der Waals surface area contributed by atoms with Gasteiger partial charge in [0.1, 0.15) is 7.14 Å². The van der Waals surface area contributed by atoms with Crippen LogP contribution in [-0.4, -0.2) is 24.3 Å². The Kier molecular flexibility index (Phi) is 9.29. The minimum atomic E-state index is -2.23. The van der Waals surface area contributed by atoms with Crippen LogP contribution >= 0.6 is 18.9 Å². The molecule has 0 bridgehead atoms. The molecule has 0 unspecified atom stereocenters. The second kappa shape index (κ2) is 11.7. The highest BCUT2D eigenvalue weighted by Crippen LogP contribution is 2.44.